The number of methoxy groups -OCH3 is 1. The topological polar surface area (TPSA) is 48.1 Å². The molecule has 126 valence electrons. The van der Waals surface area contributed by atoms with Gasteiger partial charge in [0.05, 0.1) is 20.2 Å². The van der Waals surface area contributed by atoms with Crippen LogP contribution >= 0.6 is 0 Å². The van der Waals surface area contributed by atoms with E-state index < -0.39 is 0 Å². The Bertz CT molecular complexity index is 775. The first-order valence-corrected chi connectivity index (χ1v) is 8.06. The first-order valence-electron chi connectivity index (χ1n) is 8.06. The van der Waals surface area contributed by atoms with Crippen molar-refractivity contribution in [3.05, 3.63) is 60.7 Å². The van der Waals surface area contributed by atoms with Gasteiger partial charge in [0.25, 0.3) is 0 Å². The third-order valence-electron chi connectivity index (χ3n) is 4.17. The molecule has 0 spiro atoms. The van der Waals surface area contributed by atoms with Gasteiger partial charge in [0.2, 0.25) is 0 Å². The second-order valence-electron chi connectivity index (χ2n) is 5.67. The number of nitrogens with zero attached hydrogens (tertiary/aromatic N) is 5. The van der Waals surface area contributed by atoms with Gasteiger partial charge in [-0.15, -0.1) is 0 Å². The largest absolute Gasteiger partial charge is 0.497 e. The van der Waals surface area contributed by atoms with Gasteiger partial charge < -0.3 is 13.9 Å². The minimum Gasteiger partial charge on any atom is -0.497 e. The van der Waals surface area contributed by atoms with E-state index in [0.717, 1.165) is 42.7 Å². The Morgan fingerprint density at radius 3 is 2.29 bits per heavy atom. The van der Waals surface area contributed by atoms with Crippen LogP contribution < -0.4 is 4.74 Å². The Morgan fingerprint density at radius 1 is 1.00 bits per heavy atom. The average molecular weight is 325 g/mol. The molecule has 0 fully saturated rings. The molecule has 0 saturated heterocycles. The predicted octanol–water partition coefficient (Wildman–Crippen LogP) is 2.64. The summed E-state index contributed by atoms with van der Waals surface area (Å²) in [5.41, 5.74) is 1.08. The maximum Gasteiger partial charge on any atom is 0.127 e. The second-order valence-corrected chi connectivity index (χ2v) is 5.67. The Kier molecular flexibility index (Phi) is 4.96. The van der Waals surface area contributed by atoms with Crippen molar-refractivity contribution in [2.24, 2.45) is 7.05 Å². The summed E-state index contributed by atoms with van der Waals surface area (Å²) in [6, 6.07) is 8.01. The highest BCUT2D eigenvalue weighted by atomic mass is 16.5. The van der Waals surface area contributed by atoms with Crippen LogP contribution in [-0.2, 0) is 20.1 Å². The Morgan fingerprint density at radius 2 is 1.67 bits per heavy atom. The summed E-state index contributed by atoms with van der Waals surface area (Å²) in [4.78, 5) is 11.3. The molecule has 0 unspecified atom stereocenters. The van der Waals surface area contributed by atoms with E-state index in [1.54, 1.807) is 7.11 Å². The van der Waals surface area contributed by atoms with Gasteiger partial charge in [-0.25, -0.2) is 9.97 Å². The van der Waals surface area contributed by atoms with Gasteiger partial charge in [-0.1, -0.05) is 6.92 Å². The molecule has 24 heavy (non-hydrogen) atoms. The molecule has 0 aliphatic rings. The molecule has 6 heteroatoms. The molecule has 2 heterocycles. The zero-order chi connectivity index (χ0) is 16.9. The van der Waals surface area contributed by atoms with Crippen LogP contribution in [-0.4, -0.2) is 37.7 Å². The molecule has 0 aliphatic heterocycles. The summed E-state index contributed by atoms with van der Waals surface area (Å²) in [5.74, 6) is 2.92. The van der Waals surface area contributed by atoms with Crippen LogP contribution in [0.25, 0.3) is 5.69 Å². The number of aromatic nitrogens is 4. The maximum atomic E-state index is 5.23. The van der Waals surface area contributed by atoms with Gasteiger partial charge >= 0.3 is 0 Å². The van der Waals surface area contributed by atoms with Crippen LogP contribution in [0.4, 0.5) is 0 Å². The number of hydrogen-bond acceptors (Lipinski definition) is 4. The number of hydrogen-bond donors (Lipinski definition) is 0. The van der Waals surface area contributed by atoms with E-state index in [1.807, 2.05) is 56.1 Å². The van der Waals surface area contributed by atoms with E-state index in [9.17, 15) is 0 Å². The lowest BCUT2D eigenvalue weighted by Gasteiger charge is -2.20. The Balaban J connectivity index is 1.77. The fraction of sp³-hybridized carbons (Fsp3) is 0.333. The average Bonchev–Trinajstić information content (AvgIpc) is 3.23. The number of aryl methyl sites for hydroxylation is 1. The van der Waals surface area contributed by atoms with E-state index in [-0.39, 0.29) is 0 Å². The lowest BCUT2D eigenvalue weighted by molar-refractivity contribution is 0.254. The first-order chi connectivity index (χ1) is 11.7. The molecule has 0 aliphatic carbocycles. The summed E-state index contributed by atoms with van der Waals surface area (Å²) < 4.78 is 9.39. The van der Waals surface area contributed by atoms with Crippen molar-refractivity contribution in [3.8, 4) is 11.4 Å². The van der Waals surface area contributed by atoms with Crippen molar-refractivity contribution < 1.29 is 4.74 Å². The minimum absolute atomic E-state index is 0.766. The molecular weight excluding hydrogens is 302 g/mol. The molecule has 1 aromatic carbocycles. The summed E-state index contributed by atoms with van der Waals surface area (Å²) in [5, 5.41) is 0. The van der Waals surface area contributed by atoms with Gasteiger partial charge in [0, 0.05) is 37.5 Å². The number of rotatable bonds is 7. The molecule has 0 radical (unpaired) electrons. The highest BCUT2D eigenvalue weighted by Crippen LogP contribution is 2.17. The lowest BCUT2D eigenvalue weighted by Crippen LogP contribution is -2.25. The smallest absolute Gasteiger partial charge is 0.127 e. The molecular formula is C18H23N5O. The van der Waals surface area contributed by atoms with E-state index in [4.69, 9.17) is 4.74 Å². The Hall–Kier alpha value is -2.60. The highest BCUT2D eigenvalue weighted by Gasteiger charge is 2.12. The maximum absolute atomic E-state index is 5.23. The molecule has 3 rings (SSSR count). The van der Waals surface area contributed by atoms with Gasteiger partial charge in [-0.3, -0.25) is 4.90 Å². The van der Waals surface area contributed by atoms with Crippen molar-refractivity contribution in [3.63, 3.8) is 0 Å². The van der Waals surface area contributed by atoms with Crippen molar-refractivity contribution in [2.75, 3.05) is 13.7 Å². The number of benzene rings is 1. The van der Waals surface area contributed by atoms with E-state index in [0.29, 0.717) is 0 Å². The predicted molar refractivity (Wildman–Crippen MR) is 93.1 cm³/mol. The van der Waals surface area contributed by atoms with Crippen molar-refractivity contribution in [1.29, 1.82) is 0 Å². The Labute approximate surface area is 142 Å². The third kappa shape index (κ3) is 3.49. The van der Waals surface area contributed by atoms with Crippen molar-refractivity contribution >= 4 is 0 Å². The SMILES string of the molecule is CCN(Cc1nccn1C)Cc1nccn1-c1ccc(OC)cc1. The second kappa shape index (κ2) is 7.31. The van der Waals surface area contributed by atoms with Gasteiger partial charge in [0.15, 0.2) is 0 Å². The first kappa shape index (κ1) is 16.3. The molecule has 0 atom stereocenters. The summed E-state index contributed by atoms with van der Waals surface area (Å²) >= 11 is 0. The fourth-order valence-electron chi connectivity index (χ4n) is 2.66. The normalized spacial score (nSPS) is 11.2. The molecule has 0 N–H and O–H groups in total. The fourth-order valence-corrected chi connectivity index (χ4v) is 2.66. The summed E-state index contributed by atoms with van der Waals surface area (Å²) in [6.45, 7) is 4.66. The standard InChI is InChI=1S/C18H23N5O/c1-4-22(13-17-19-9-11-21(17)2)14-18-20-10-12-23(18)15-5-7-16(24-3)8-6-15/h5-12H,4,13-14H2,1-3H3. The van der Waals surface area contributed by atoms with Crippen LogP contribution in [0.2, 0.25) is 0 Å². The molecule has 0 saturated carbocycles. The number of ether oxygens (including phenoxy) is 1. The molecule has 0 amide bonds. The van der Waals surface area contributed by atoms with Crippen LogP contribution in [0.1, 0.15) is 18.6 Å². The number of imidazole rings is 2. The highest BCUT2D eigenvalue weighted by molar-refractivity contribution is 5.38. The van der Waals surface area contributed by atoms with Crippen LogP contribution in [0.3, 0.4) is 0 Å². The van der Waals surface area contributed by atoms with Gasteiger partial charge in [0.1, 0.15) is 17.4 Å². The molecule has 6 nitrogen and oxygen atoms in total. The van der Waals surface area contributed by atoms with Crippen LogP contribution in [0.5, 0.6) is 5.75 Å². The zero-order valence-corrected chi connectivity index (χ0v) is 14.4. The van der Waals surface area contributed by atoms with Crippen molar-refractivity contribution in [2.45, 2.75) is 20.0 Å². The monoisotopic (exact) mass is 325 g/mol. The lowest BCUT2D eigenvalue weighted by atomic mass is 10.3. The zero-order valence-electron chi connectivity index (χ0n) is 14.4. The van der Waals surface area contributed by atoms with Crippen LogP contribution in [0, 0.1) is 0 Å². The van der Waals surface area contributed by atoms with Crippen LogP contribution in [0.15, 0.2) is 49.1 Å². The third-order valence-corrected chi connectivity index (χ3v) is 4.17. The summed E-state index contributed by atoms with van der Waals surface area (Å²) in [6.07, 6.45) is 7.64. The van der Waals surface area contributed by atoms with E-state index in [1.165, 1.54) is 0 Å². The minimum atomic E-state index is 0.766. The quantitative estimate of drug-likeness (QED) is 0.670. The van der Waals surface area contributed by atoms with Gasteiger partial charge in [-0.05, 0) is 30.8 Å². The van der Waals surface area contributed by atoms with Gasteiger partial charge in [-0.2, -0.15) is 0 Å². The summed E-state index contributed by atoms with van der Waals surface area (Å²) in [7, 11) is 3.70. The van der Waals surface area contributed by atoms with E-state index >= 15 is 0 Å². The van der Waals surface area contributed by atoms with Crippen molar-refractivity contribution in [1.82, 2.24) is 24.0 Å². The molecule has 2 aromatic heterocycles. The molecule has 3 aromatic rings. The molecule has 0 bridgehead atoms. The van der Waals surface area contributed by atoms with E-state index in [2.05, 4.69) is 30.9 Å².